The number of benzene rings is 1. The fourth-order valence-electron chi connectivity index (χ4n) is 1.12. The maximum absolute atomic E-state index is 12.5. The van der Waals surface area contributed by atoms with Crippen molar-refractivity contribution in [3.63, 3.8) is 0 Å². The molecule has 0 N–H and O–H groups in total. The Balaban J connectivity index is 2.44. The summed E-state index contributed by atoms with van der Waals surface area (Å²) in [5.41, 5.74) is 1.07. The highest BCUT2D eigenvalue weighted by Crippen LogP contribution is 2.06. The molecule has 1 aromatic rings. The summed E-state index contributed by atoms with van der Waals surface area (Å²) in [6.45, 7) is 2.17. The molecule has 1 heteroatoms. The predicted molar refractivity (Wildman–Crippen MR) is 55.0 cm³/mol. The van der Waals surface area contributed by atoms with Crippen molar-refractivity contribution in [3.8, 4) is 0 Å². The van der Waals surface area contributed by atoms with E-state index in [2.05, 4.69) is 13.0 Å². The quantitative estimate of drug-likeness (QED) is 0.611. The maximum atomic E-state index is 12.5. The summed E-state index contributed by atoms with van der Waals surface area (Å²) in [5.74, 6) is -0.175. The standard InChI is InChI=1S/C12H15F/c1-2-3-4-5-6-11-7-9-12(13)10-8-11/h5-10H,2-4H2,1H3/b6-5-. The second-order valence-corrected chi connectivity index (χ2v) is 3.10. The molecular formula is C12H15F. The van der Waals surface area contributed by atoms with Gasteiger partial charge in [-0.2, -0.15) is 0 Å². The van der Waals surface area contributed by atoms with E-state index in [4.69, 9.17) is 0 Å². The van der Waals surface area contributed by atoms with Gasteiger partial charge < -0.3 is 0 Å². The Bertz CT molecular complexity index is 259. The fourth-order valence-corrected chi connectivity index (χ4v) is 1.12. The van der Waals surface area contributed by atoms with Crippen LogP contribution >= 0.6 is 0 Å². The van der Waals surface area contributed by atoms with Crippen LogP contribution in [0.5, 0.6) is 0 Å². The van der Waals surface area contributed by atoms with E-state index in [-0.39, 0.29) is 5.82 Å². The first kappa shape index (κ1) is 9.97. The molecule has 0 fully saturated rings. The molecule has 0 aromatic heterocycles. The largest absolute Gasteiger partial charge is 0.207 e. The van der Waals surface area contributed by atoms with E-state index in [9.17, 15) is 4.39 Å². The number of halogens is 1. The Morgan fingerprint density at radius 2 is 1.92 bits per heavy atom. The molecule has 0 aliphatic heterocycles. The number of hydrogen-bond acceptors (Lipinski definition) is 0. The average Bonchev–Trinajstić information content (AvgIpc) is 2.15. The lowest BCUT2D eigenvalue weighted by Crippen LogP contribution is -1.74. The van der Waals surface area contributed by atoms with Crippen molar-refractivity contribution in [1.82, 2.24) is 0 Å². The highest BCUT2D eigenvalue weighted by Gasteiger charge is 1.87. The minimum absolute atomic E-state index is 0.175. The van der Waals surface area contributed by atoms with Gasteiger partial charge in [0.15, 0.2) is 0 Å². The van der Waals surface area contributed by atoms with Crippen molar-refractivity contribution in [3.05, 3.63) is 41.7 Å². The lowest BCUT2D eigenvalue weighted by atomic mass is 10.2. The normalized spacial score (nSPS) is 10.9. The van der Waals surface area contributed by atoms with Gasteiger partial charge in [0.05, 0.1) is 0 Å². The smallest absolute Gasteiger partial charge is 0.123 e. The third-order valence-corrected chi connectivity index (χ3v) is 1.90. The van der Waals surface area contributed by atoms with Crippen LogP contribution in [-0.2, 0) is 0 Å². The van der Waals surface area contributed by atoms with Crippen LogP contribution in [-0.4, -0.2) is 0 Å². The number of hydrogen-bond donors (Lipinski definition) is 0. The molecule has 0 aliphatic carbocycles. The van der Waals surface area contributed by atoms with Crippen LogP contribution in [0.2, 0.25) is 0 Å². The first-order chi connectivity index (χ1) is 6.33. The molecule has 70 valence electrons. The van der Waals surface area contributed by atoms with Crippen molar-refractivity contribution in [2.75, 3.05) is 0 Å². The van der Waals surface area contributed by atoms with E-state index in [1.54, 1.807) is 12.1 Å². The van der Waals surface area contributed by atoms with Crippen LogP contribution < -0.4 is 0 Å². The summed E-state index contributed by atoms with van der Waals surface area (Å²) in [5, 5.41) is 0. The third-order valence-electron chi connectivity index (χ3n) is 1.90. The van der Waals surface area contributed by atoms with E-state index in [0.717, 1.165) is 12.0 Å². The summed E-state index contributed by atoms with van der Waals surface area (Å²) in [4.78, 5) is 0. The zero-order chi connectivity index (χ0) is 9.52. The van der Waals surface area contributed by atoms with Gasteiger partial charge in [0.25, 0.3) is 0 Å². The van der Waals surface area contributed by atoms with E-state index in [1.807, 2.05) is 6.08 Å². The van der Waals surface area contributed by atoms with Gasteiger partial charge in [-0.1, -0.05) is 44.1 Å². The van der Waals surface area contributed by atoms with Gasteiger partial charge in [-0.25, -0.2) is 4.39 Å². The van der Waals surface area contributed by atoms with Crippen molar-refractivity contribution < 1.29 is 4.39 Å². The summed E-state index contributed by atoms with van der Waals surface area (Å²) >= 11 is 0. The molecule has 0 aliphatic rings. The fraction of sp³-hybridized carbons (Fsp3) is 0.333. The van der Waals surface area contributed by atoms with E-state index in [0.29, 0.717) is 0 Å². The van der Waals surface area contributed by atoms with Crippen molar-refractivity contribution in [2.24, 2.45) is 0 Å². The Labute approximate surface area is 79.1 Å². The van der Waals surface area contributed by atoms with E-state index in [1.165, 1.54) is 25.0 Å². The van der Waals surface area contributed by atoms with Crippen molar-refractivity contribution in [1.29, 1.82) is 0 Å². The monoisotopic (exact) mass is 178 g/mol. The zero-order valence-electron chi connectivity index (χ0n) is 7.96. The molecule has 0 heterocycles. The van der Waals surface area contributed by atoms with Gasteiger partial charge in [0.2, 0.25) is 0 Å². The lowest BCUT2D eigenvalue weighted by molar-refractivity contribution is 0.628. The minimum Gasteiger partial charge on any atom is -0.207 e. The summed E-state index contributed by atoms with van der Waals surface area (Å²) in [7, 11) is 0. The maximum Gasteiger partial charge on any atom is 0.123 e. The summed E-state index contributed by atoms with van der Waals surface area (Å²) in [6, 6.07) is 6.55. The van der Waals surface area contributed by atoms with Crippen LogP contribution in [0.4, 0.5) is 4.39 Å². The van der Waals surface area contributed by atoms with Gasteiger partial charge in [0.1, 0.15) is 5.82 Å². The SMILES string of the molecule is CCCC/C=C\c1ccc(F)cc1. The van der Waals surface area contributed by atoms with Crippen LogP contribution in [0.3, 0.4) is 0 Å². The predicted octanol–water partition coefficient (Wildman–Crippen LogP) is 4.03. The second-order valence-electron chi connectivity index (χ2n) is 3.10. The molecule has 0 radical (unpaired) electrons. The van der Waals surface area contributed by atoms with E-state index < -0.39 is 0 Å². The van der Waals surface area contributed by atoms with Crippen molar-refractivity contribution >= 4 is 6.08 Å². The highest BCUT2D eigenvalue weighted by atomic mass is 19.1. The second kappa shape index (κ2) is 5.52. The topological polar surface area (TPSA) is 0 Å². The first-order valence-corrected chi connectivity index (χ1v) is 4.75. The molecule has 0 amide bonds. The van der Waals surface area contributed by atoms with Crippen LogP contribution in [0.15, 0.2) is 30.3 Å². The third kappa shape index (κ3) is 3.88. The molecule has 0 atom stereocenters. The number of allylic oxidation sites excluding steroid dienone is 1. The van der Waals surface area contributed by atoms with Gasteiger partial charge >= 0.3 is 0 Å². The summed E-state index contributed by atoms with van der Waals surface area (Å²) in [6.07, 6.45) is 7.71. The highest BCUT2D eigenvalue weighted by molar-refractivity contribution is 5.48. The Morgan fingerprint density at radius 1 is 1.23 bits per heavy atom. The zero-order valence-corrected chi connectivity index (χ0v) is 7.96. The van der Waals surface area contributed by atoms with Gasteiger partial charge in [0, 0.05) is 0 Å². The molecule has 0 saturated carbocycles. The van der Waals surface area contributed by atoms with Gasteiger partial charge in [-0.15, -0.1) is 0 Å². The summed E-state index contributed by atoms with van der Waals surface area (Å²) < 4.78 is 12.5. The average molecular weight is 178 g/mol. The molecule has 1 aromatic carbocycles. The Morgan fingerprint density at radius 3 is 2.54 bits per heavy atom. The lowest BCUT2D eigenvalue weighted by Gasteiger charge is -1.92. The Hall–Kier alpha value is -1.11. The molecule has 0 unspecified atom stereocenters. The van der Waals surface area contributed by atoms with Gasteiger partial charge in [-0.3, -0.25) is 0 Å². The first-order valence-electron chi connectivity index (χ1n) is 4.75. The van der Waals surface area contributed by atoms with Crippen LogP contribution in [0.25, 0.3) is 6.08 Å². The van der Waals surface area contributed by atoms with Crippen LogP contribution in [0, 0.1) is 5.82 Å². The molecule has 1 rings (SSSR count). The van der Waals surface area contributed by atoms with Gasteiger partial charge in [-0.05, 0) is 24.1 Å². The number of unbranched alkanes of at least 4 members (excludes halogenated alkanes) is 2. The van der Waals surface area contributed by atoms with E-state index >= 15 is 0 Å². The van der Waals surface area contributed by atoms with Crippen LogP contribution in [0.1, 0.15) is 31.7 Å². The minimum atomic E-state index is -0.175. The molecular weight excluding hydrogens is 163 g/mol. The van der Waals surface area contributed by atoms with Crippen molar-refractivity contribution in [2.45, 2.75) is 26.2 Å². The molecule has 0 nitrogen and oxygen atoms in total. The molecule has 0 bridgehead atoms. The molecule has 0 spiro atoms. The Kier molecular flexibility index (Phi) is 4.24. The molecule has 13 heavy (non-hydrogen) atoms. The molecule has 0 saturated heterocycles. The number of rotatable bonds is 4.